The topological polar surface area (TPSA) is 40.2 Å². The molecule has 0 amide bonds. The third-order valence-corrected chi connectivity index (χ3v) is 9.84. The number of ether oxygens (including phenoxy) is 2. The summed E-state index contributed by atoms with van der Waals surface area (Å²) in [6, 6.07) is 0. The monoisotopic (exact) mass is 282 g/mol. The molecule has 1 saturated heterocycles. The zero-order chi connectivity index (χ0) is 10.4. The first-order valence-corrected chi connectivity index (χ1v) is 11.2. The second-order valence-electron chi connectivity index (χ2n) is 3.68. The van der Waals surface area contributed by atoms with Gasteiger partial charge in [0, 0.05) is 0 Å². The van der Waals surface area contributed by atoms with Crippen LogP contribution in [0.1, 0.15) is 6.42 Å². The van der Waals surface area contributed by atoms with Gasteiger partial charge >= 0.3 is 91.6 Å². The summed E-state index contributed by atoms with van der Waals surface area (Å²) >= 11 is -2.59. The fourth-order valence-corrected chi connectivity index (χ4v) is 4.51. The average molecular weight is 283 g/mol. The molecular formula is C9H20O4Zr. The van der Waals surface area contributed by atoms with Gasteiger partial charge in [0.15, 0.2) is 0 Å². The molecule has 1 aliphatic rings. The van der Waals surface area contributed by atoms with E-state index in [1.54, 1.807) is 14.2 Å². The van der Waals surface area contributed by atoms with E-state index in [9.17, 15) is 0 Å². The summed E-state index contributed by atoms with van der Waals surface area (Å²) in [4.78, 5) is 0. The maximum atomic E-state index is 5.44. The zero-order valence-corrected chi connectivity index (χ0v) is 11.7. The van der Waals surface area contributed by atoms with E-state index < -0.39 is 21.1 Å². The standard InChI is InChI=1S/C6H11O2.2CH3O.CH3.Zr/c1-2-3-7-4-6-5-8-6;2*1-2;;/h6H,1-5H2;2*1H3;1H3;/q;2*-1;;+2. The van der Waals surface area contributed by atoms with E-state index in [1.807, 2.05) is 0 Å². The van der Waals surface area contributed by atoms with E-state index in [0.29, 0.717) is 6.10 Å². The maximum absolute atomic E-state index is 5.44. The van der Waals surface area contributed by atoms with E-state index in [2.05, 4.69) is 4.63 Å². The SMILES string of the molecule is C[O][Zr]([CH3])([CH2]CCOCC1CO1)[O]C. The number of hydrogen-bond acceptors (Lipinski definition) is 4. The fourth-order valence-electron chi connectivity index (χ4n) is 1.16. The number of rotatable bonds is 8. The van der Waals surface area contributed by atoms with Crippen molar-refractivity contribution in [2.75, 3.05) is 34.0 Å². The molecule has 0 aliphatic carbocycles. The van der Waals surface area contributed by atoms with Gasteiger partial charge in [-0.15, -0.1) is 0 Å². The quantitative estimate of drug-likeness (QED) is 0.500. The molecule has 1 unspecified atom stereocenters. The number of epoxide rings is 1. The molecule has 0 aromatic heterocycles. The van der Waals surface area contributed by atoms with Gasteiger partial charge in [0.05, 0.1) is 0 Å². The summed E-state index contributed by atoms with van der Waals surface area (Å²) in [6.07, 6.45) is 1.40. The van der Waals surface area contributed by atoms with Crippen LogP contribution in [0, 0.1) is 0 Å². The Morgan fingerprint density at radius 2 is 2.00 bits per heavy atom. The zero-order valence-electron chi connectivity index (χ0n) is 9.25. The molecule has 0 aromatic carbocycles. The Hall–Kier alpha value is 0.723. The Kier molecular flexibility index (Phi) is 5.79. The first kappa shape index (κ1) is 12.8. The first-order valence-electron chi connectivity index (χ1n) is 5.00. The fraction of sp³-hybridized carbons (Fsp3) is 1.00. The van der Waals surface area contributed by atoms with E-state index in [1.165, 1.54) is 0 Å². The molecular weight excluding hydrogens is 263 g/mol. The summed E-state index contributed by atoms with van der Waals surface area (Å²) in [5, 5.41) is 0. The Morgan fingerprint density at radius 3 is 2.50 bits per heavy atom. The van der Waals surface area contributed by atoms with Crippen LogP contribution in [0.25, 0.3) is 0 Å². The van der Waals surface area contributed by atoms with Crippen molar-refractivity contribution < 1.29 is 36.2 Å². The molecule has 0 aromatic rings. The van der Waals surface area contributed by atoms with Crippen LogP contribution in [-0.4, -0.2) is 40.1 Å². The molecule has 1 aliphatic heterocycles. The van der Waals surface area contributed by atoms with Gasteiger partial charge in [0.2, 0.25) is 0 Å². The van der Waals surface area contributed by atoms with Gasteiger partial charge in [0.25, 0.3) is 0 Å². The van der Waals surface area contributed by atoms with Crippen LogP contribution < -0.4 is 0 Å². The van der Waals surface area contributed by atoms with Crippen molar-refractivity contribution in [3.8, 4) is 0 Å². The second kappa shape index (κ2) is 6.34. The molecule has 0 N–H and O–H groups in total. The van der Waals surface area contributed by atoms with Crippen LogP contribution in [0.5, 0.6) is 0 Å². The molecule has 4 nitrogen and oxygen atoms in total. The van der Waals surface area contributed by atoms with Crippen LogP contribution in [0.3, 0.4) is 0 Å². The van der Waals surface area contributed by atoms with Gasteiger partial charge in [-0.2, -0.15) is 0 Å². The third-order valence-electron chi connectivity index (χ3n) is 2.49. The van der Waals surface area contributed by atoms with Crippen molar-refractivity contribution in [2.45, 2.75) is 21.3 Å². The van der Waals surface area contributed by atoms with Crippen LogP contribution in [-0.2, 0) is 36.2 Å². The van der Waals surface area contributed by atoms with Crippen LogP contribution in [0.2, 0.25) is 8.76 Å². The van der Waals surface area contributed by atoms with E-state index in [4.69, 9.17) is 15.1 Å². The van der Waals surface area contributed by atoms with E-state index in [0.717, 1.165) is 30.4 Å². The van der Waals surface area contributed by atoms with Gasteiger partial charge in [-0.3, -0.25) is 0 Å². The molecule has 14 heavy (non-hydrogen) atoms. The Labute approximate surface area is 91.5 Å². The summed E-state index contributed by atoms with van der Waals surface area (Å²) in [5.41, 5.74) is 0. The first-order chi connectivity index (χ1) is 6.70. The van der Waals surface area contributed by atoms with Crippen LogP contribution in [0.4, 0.5) is 0 Å². The van der Waals surface area contributed by atoms with Gasteiger partial charge in [-0.1, -0.05) is 0 Å². The van der Waals surface area contributed by atoms with Gasteiger partial charge < -0.3 is 0 Å². The minimum absolute atomic E-state index is 0.370. The third kappa shape index (κ3) is 4.99. The molecule has 84 valence electrons. The van der Waals surface area contributed by atoms with Crippen molar-refractivity contribution in [2.24, 2.45) is 0 Å². The summed E-state index contributed by atoms with van der Waals surface area (Å²) in [7, 11) is 3.50. The van der Waals surface area contributed by atoms with Crippen molar-refractivity contribution in [1.29, 1.82) is 0 Å². The van der Waals surface area contributed by atoms with Crippen LogP contribution >= 0.6 is 0 Å². The molecule has 0 spiro atoms. The van der Waals surface area contributed by atoms with Crippen molar-refractivity contribution in [3.63, 3.8) is 0 Å². The Morgan fingerprint density at radius 1 is 1.36 bits per heavy atom. The van der Waals surface area contributed by atoms with Crippen molar-refractivity contribution in [3.05, 3.63) is 0 Å². The molecule has 0 radical (unpaired) electrons. The van der Waals surface area contributed by atoms with E-state index in [-0.39, 0.29) is 0 Å². The molecule has 1 atom stereocenters. The van der Waals surface area contributed by atoms with E-state index >= 15 is 0 Å². The summed E-state index contributed by atoms with van der Waals surface area (Å²) in [5.74, 6) is 0. The molecule has 1 heterocycles. The second-order valence-corrected chi connectivity index (χ2v) is 12.5. The molecule has 0 bridgehead atoms. The normalized spacial score (nSPS) is 21.2. The summed E-state index contributed by atoms with van der Waals surface area (Å²) in [6.45, 7) is 2.40. The van der Waals surface area contributed by atoms with Crippen molar-refractivity contribution in [1.82, 2.24) is 0 Å². The number of hydrogen-bond donors (Lipinski definition) is 0. The molecule has 5 heteroatoms. The van der Waals surface area contributed by atoms with Gasteiger partial charge in [-0.25, -0.2) is 0 Å². The van der Waals surface area contributed by atoms with Gasteiger partial charge in [-0.05, 0) is 0 Å². The van der Waals surface area contributed by atoms with Crippen molar-refractivity contribution >= 4 is 0 Å². The molecule has 1 rings (SSSR count). The predicted molar refractivity (Wildman–Crippen MR) is 49.9 cm³/mol. The minimum atomic E-state index is -2.59. The van der Waals surface area contributed by atoms with Gasteiger partial charge in [0.1, 0.15) is 0 Å². The predicted octanol–water partition coefficient (Wildman–Crippen LogP) is 1.53. The molecule has 1 fully saturated rings. The van der Waals surface area contributed by atoms with Crippen LogP contribution in [0.15, 0.2) is 0 Å². The summed E-state index contributed by atoms with van der Waals surface area (Å²) < 4.78 is 24.5. The Balaban J connectivity index is 1.95. The molecule has 0 saturated carbocycles. The Bertz CT molecular complexity index is 157. The average Bonchev–Trinajstić information content (AvgIpc) is 3.01.